The van der Waals surface area contributed by atoms with E-state index in [0.29, 0.717) is 11.6 Å². The zero-order valence-electron chi connectivity index (χ0n) is 12.1. The highest BCUT2D eigenvalue weighted by Crippen LogP contribution is 2.20. The molecule has 0 aliphatic carbocycles. The van der Waals surface area contributed by atoms with E-state index in [2.05, 4.69) is 10.1 Å². The number of hydrogen-bond donors (Lipinski definition) is 1. The standard InChI is InChI=1S/C17H13N5O/c18-14-11-15(23)21-16(12-7-3-1-4-8-12)20-22(17(21)19-14)13-9-5-2-6-10-13/h1-11H,18H2. The number of nitrogen functional groups attached to an aromatic ring is 1. The molecule has 23 heavy (non-hydrogen) atoms. The van der Waals surface area contributed by atoms with Gasteiger partial charge in [-0.15, -0.1) is 5.10 Å². The van der Waals surface area contributed by atoms with Gasteiger partial charge >= 0.3 is 0 Å². The Bertz CT molecular complexity index is 1040. The van der Waals surface area contributed by atoms with Crippen molar-refractivity contribution in [2.75, 3.05) is 5.73 Å². The molecule has 0 spiro atoms. The molecule has 2 aromatic carbocycles. The molecule has 0 radical (unpaired) electrons. The highest BCUT2D eigenvalue weighted by Gasteiger charge is 2.16. The van der Waals surface area contributed by atoms with Gasteiger partial charge in [0.1, 0.15) is 5.82 Å². The van der Waals surface area contributed by atoms with Gasteiger partial charge in [-0.25, -0.2) is 4.40 Å². The lowest BCUT2D eigenvalue weighted by atomic mass is 10.2. The maximum Gasteiger partial charge on any atom is 0.262 e. The minimum Gasteiger partial charge on any atom is -0.383 e. The Morgan fingerprint density at radius 3 is 2.26 bits per heavy atom. The Kier molecular flexibility index (Phi) is 2.94. The van der Waals surface area contributed by atoms with E-state index in [1.54, 1.807) is 4.68 Å². The lowest BCUT2D eigenvalue weighted by Crippen LogP contribution is -2.16. The summed E-state index contributed by atoms with van der Waals surface area (Å²) in [7, 11) is 0. The normalized spacial score (nSPS) is 11.0. The fourth-order valence-electron chi connectivity index (χ4n) is 2.53. The second-order valence-electron chi connectivity index (χ2n) is 5.09. The number of rotatable bonds is 2. The number of aromatic nitrogens is 4. The zero-order valence-corrected chi connectivity index (χ0v) is 12.1. The molecule has 4 rings (SSSR count). The Morgan fingerprint density at radius 2 is 1.57 bits per heavy atom. The lowest BCUT2D eigenvalue weighted by molar-refractivity contribution is 0.899. The van der Waals surface area contributed by atoms with Crippen molar-refractivity contribution < 1.29 is 0 Å². The molecular weight excluding hydrogens is 290 g/mol. The van der Waals surface area contributed by atoms with Gasteiger partial charge in [0, 0.05) is 11.6 Å². The Labute approximate surface area is 131 Å². The Balaban J connectivity index is 2.11. The minimum atomic E-state index is -0.256. The van der Waals surface area contributed by atoms with Crippen molar-refractivity contribution in [2.45, 2.75) is 0 Å². The summed E-state index contributed by atoms with van der Waals surface area (Å²) in [6.45, 7) is 0. The number of para-hydroxylation sites is 1. The number of nitrogens with zero attached hydrogens (tertiary/aromatic N) is 4. The van der Waals surface area contributed by atoms with Crippen molar-refractivity contribution >= 4 is 11.6 Å². The maximum absolute atomic E-state index is 12.4. The molecule has 2 N–H and O–H groups in total. The molecule has 112 valence electrons. The summed E-state index contributed by atoms with van der Waals surface area (Å²) in [5.74, 6) is 1.09. The van der Waals surface area contributed by atoms with Crippen LogP contribution in [0, 0.1) is 0 Å². The van der Waals surface area contributed by atoms with E-state index in [1.807, 2.05) is 60.7 Å². The number of fused-ring (bicyclic) bond motifs is 1. The van der Waals surface area contributed by atoms with E-state index in [9.17, 15) is 4.79 Å². The van der Waals surface area contributed by atoms with Crippen molar-refractivity contribution in [1.82, 2.24) is 19.2 Å². The predicted molar refractivity (Wildman–Crippen MR) is 88.4 cm³/mol. The van der Waals surface area contributed by atoms with Crippen LogP contribution in [0.4, 0.5) is 5.82 Å². The third-order valence-corrected chi connectivity index (χ3v) is 3.55. The van der Waals surface area contributed by atoms with Crippen molar-refractivity contribution in [2.24, 2.45) is 0 Å². The average Bonchev–Trinajstić information content (AvgIpc) is 2.96. The molecule has 6 heteroatoms. The molecular formula is C17H13N5O. The van der Waals surface area contributed by atoms with Gasteiger partial charge in [-0.1, -0.05) is 48.5 Å². The first-order valence-electron chi connectivity index (χ1n) is 7.13. The molecule has 4 aromatic rings. The van der Waals surface area contributed by atoms with Crippen molar-refractivity contribution in [3.63, 3.8) is 0 Å². The summed E-state index contributed by atoms with van der Waals surface area (Å²) < 4.78 is 3.10. The van der Waals surface area contributed by atoms with Crippen LogP contribution in [0.3, 0.4) is 0 Å². The molecule has 0 aliphatic rings. The SMILES string of the molecule is Nc1cc(=O)n2c(-c3ccccc3)nn(-c3ccccc3)c2n1. The molecule has 0 saturated carbocycles. The molecule has 0 unspecified atom stereocenters. The van der Waals surface area contributed by atoms with Crippen LogP contribution in [0.25, 0.3) is 22.9 Å². The lowest BCUT2D eigenvalue weighted by Gasteiger charge is -2.01. The van der Waals surface area contributed by atoms with Crippen LogP contribution in [0.5, 0.6) is 0 Å². The van der Waals surface area contributed by atoms with Crippen LogP contribution in [0.15, 0.2) is 71.5 Å². The molecule has 0 aliphatic heterocycles. The van der Waals surface area contributed by atoms with Gasteiger partial charge in [0.05, 0.1) is 5.69 Å². The quantitative estimate of drug-likeness (QED) is 0.615. The van der Waals surface area contributed by atoms with E-state index < -0.39 is 0 Å². The van der Waals surface area contributed by atoms with Crippen molar-refractivity contribution in [3.8, 4) is 17.1 Å². The molecule has 0 bridgehead atoms. The van der Waals surface area contributed by atoms with Crippen LogP contribution >= 0.6 is 0 Å². The van der Waals surface area contributed by atoms with Gasteiger partial charge < -0.3 is 5.73 Å². The van der Waals surface area contributed by atoms with Gasteiger partial charge in [-0.3, -0.25) is 4.79 Å². The second-order valence-corrected chi connectivity index (χ2v) is 5.09. The third-order valence-electron chi connectivity index (χ3n) is 3.55. The Hall–Kier alpha value is -3.41. The number of nitrogens with two attached hydrogens (primary N) is 1. The summed E-state index contributed by atoms with van der Waals surface area (Å²) in [5.41, 5.74) is 7.14. The van der Waals surface area contributed by atoms with E-state index in [4.69, 9.17) is 5.73 Å². The summed E-state index contributed by atoms with van der Waals surface area (Å²) in [4.78, 5) is 16.7. The van der Waals surface area contributed by atoms with Gasteiger partial charge in [0.15, 0.2) is 5.82 Å². The highest BCUT2D eigenvalue weighted by molar-refractivity contribution is 5.60. The molecule has 0 saturated heterocycles. The smallest absolute Gasteiger partial charge is 0.262 e. The Morgan fingerprint density at radius 1 is 0.913 bits per heavy atom. The van der Waals surface area contributed by atoms with Gasteiger partial charge in [-0.05, 0) is 12.1 Å². The summed E-state index contributed by atoms with van der Waals surface area (Å²) in [6.07, 6.45) is 0. The fraction of sp³-hybridized carbons (Fsp3) is 0. The van der Waals surface area contributed by atoms with Gasteiger partial charge in [-0.2, -0.15) is 9.67 Å². The van der Waals surface area contributed by atoms with Crippen LogP contribution in [-0.2, 0) is 0 Å². The van der Waals surface area contributed by atoms with E-state index in [1.165, 1.54) is 10.5 Å². The summed E-state index contributed by atoms with van der Waals surface area (Å²) >= 11 is 0. The van der Waals surface area contributed by atoms with Crippen LogP contribution < -0.4 is 11.3 Å². The largest absolute Gasteiger partial charge is 0.383 e. The third kappa shape index (κ3) is 2.17. The van der Waals surface area contributed by atoms with E-state index >= 15 is 0 Å². The first kappa shape index (κ1) is 13.3. The molecule has 2 heterocycles. The molecule has 0 amide bonds. The van der Waals surface area contributed by atoms with Gasteiger partial charge in [0.2, 0.25) is 5.78 Å². The van der Waals surface area contributed by atoms with E-state index in [-0.39, 0.29) is 11.4 Å². The monoisotopic (exact) mass is 303 g/mol. The first-order chi connectivity index (χ1) is 11.2. The average molecular weight is 303 g/mol. The molecule has 6 nitrogen and oxygen atoms in total. The first-order valence-corrected chi connectivity index (χ1v) is 7.13. The predicted octanol–water partition coefficient (Wildman–Crippen LogP) is 2.13. The topological polar surface area (TPSA) is 78.2 Å². The van der Waals surface area contributed by atoms with Crippen LogP contribution in [-0.4, -0.2) is 19.2 Å². The zero-order chi connectivity index (χ0) is 15.8. The molecule has 2 aromatic heterocycles. The second kappa shape index (κ2) is 5.10. The van der Waals surface area contributed by atoms with Crippen LogP contribution in [0.2, 0.25) is 0 Å². The van der Waals surface area contributed by atoms with Crippen molar-refractivity contribution in [3.05, 3.63) is 77.1 Å². The maximum atomic E-state index is 12.4. The number of anilines is 1. The summed E-state index contributed by atoms with van der Waals surface area (Å²) in [5, 5.41) is 4.59. The van der Waals surface area contributed by atoms with Gasteiger partial charge in [0.25, 0.3) is 5.56 Å². The highest BCUT2D eigenvalue weighted by atomic mass is 16.1. The minimum absolute atomic E-state index is 0.173. The number of hydrogen-bond acceptors (Lipinski definition) is 4. The van der Waals surface area contributed by atoms with Crippen LogP contribution in [0.1, 0.15) is 0 Å². The summed E-state index contributed by atoms with van der Waals surface area (Å²) in [6, 6.07) is 20.3. The van der Waals surface area contributed by atoms with Crippen molar-refractivity contribution in [1.29, 1.82) is 0 Å². The fourth-order valence-corrected chi connectivity index (χ4v) is 2.53. The molecule has 0 atom stereocenters. The van der Waals surface area contributed by atoms with E-state index in [0.717, 1.165) is 11.3 Å². The molecule has 0 fully saturated rings. The number of benzene rings is 2.